The fourth-order valence-electron chi connectivity index (χ4n) is 2.03. The Morgan fingerprint density at radius 1 is 1.29 bits per heavy atom. The highest BCUT2D eigenvalue weighted by atomic mass is 79.9. The molecule has 0 radical (unpaired) electrons. The fraction of sp³-hybridized carbons (Fsp3) is 0. The molecule has 0 atom stereocenters. The van der Waals surface area contributed by atoms with Crippen molar-refractivity contribution >= 4 is 33.7 Å². The lowest BCUT2D eigenvalue weighted by atomic mass is 10.2. The topological polar surface area (TPSA) is 75.8 Å². The van der Waals surface area contributed by atoms with Gasteiger partial charge in [0, 0.05) is 16.8 Å². The van der Waals surface area contributed by atoms with Crippen molar-refractivity contribution in [2.75, 3.05) is 0 Å². The van der Waals surface area contributed by atoms with Crippen molar-refractivity contribution < 1.29 is 9.72 Å². The molecule has 1 amide bonds. The molecule has 0 aliphatic carbocycles. The van der Waals surface area contributed by atoms with Crippen LogP contribution in [0.1, 0.15) is 5.56 Å². The first-order valence-corrected chi connectivity index (χ1v) is 6.78. The Morgan fingerprint density at radius 3 is 2.67 bits per heavy atom. The Morgan fingerprint density at radius 2 is 2.00 bits per heavy atom. The molecule has 0 saturated carbocycles. The number of hydrogen-bond acceptors (Lipinski definition) is 4. The summed E-state index contributed by atoms with van der Waals surface area (Å²) in [5.41, 5.74) is 0.760. The number of benzene rings is 1. The lowest BCUT2D eigenvalue weighted by Crippen LogP contribution is -2.32. The average Bonchev–Trinajstić information content (AvgIpc) is 2.76. The Labute approximate surface area is 128 Å². The summed E-state index contributed by atoms with van der Waals surface area (Å²) in [6.07, 6.45) is 4.40. The van der Waals surface area contributed by atoms with Crippen LogP contribution in [0.2, 0.25) is 0 Å². The summed E-state index contributed by atoms with van der Waals surface area (Å²) in [6.45, 7) is 0. The van der Waals surface area contributed by atoms with E-state index >= 15 is 0 Å². The number of hydrogen-bond donors (Lipinski definition) is 0. The molecule has 0 saturated heterocycles. The van der Waals surface area contributed by atoms with Crippen LogP contribution in [0.4, 0.5) is 0 Å². The minimum absolute atomic E-state index is 0.0374. The lowest BCUT2D eigenvalue weighted by molar-refractivity contribution is -0.415. The lowest BCUT2D eigenvalue weighted by Gasteiger charge is -2.15. The van der Waals surface area contributed by atoms with Crippen LogP contribution in [0.15, 0.2) is 63.5 Å². The SMILES string of the molecule is O=C1/C(=C/c2ccccc2)N=C2C([N+](=O)[O-])=CC(Br)=CN12. The van der Waals surface area contributed by atoms with Crippen molar-refractivity contribution in [3.63, 3.8) is 0 Å². The van der Waals surface area contributed by atoms with E-state index in [-0.39, 0.29) is 17.2 Å². The maximum atomic E-state index is 12.3. The molecular formula is C14H8BrN3O3. The van der Waals surface area contributed by atoms with Gasteiger partial charge < -0.3 is 0 Å². The predicted octanol–water partition coefficient (Wildman–Crippen LogP) is 2.68. The number of carbonyl (C=O) groups excluding carboxylic acids is 1. The van der Waals surface area contributed by atoms with Gasteiger partial charge in [0.05, 0.1) is 4.92 Å². The van der Waals surface area contributed by atoms with Crippen LogP contribution in [-0.2, 0) is 4.79 Å². The number of fused-ring (bicyclic) bond motifs is 1. The molecule has 2 aliphatic heterocycles. The van der Waals surface area contributed by atoms with Crippen LogP contribution < -0.4 is 0 Å². The monoisotopic (exact) mass is 345 g/mol. The summed E-state index contributed by atoms with van der Waals surface area (Å²) >= 11 is 3.16. The molecule has 1 aromatic carbocycles. The highest BCUT2D eigenvalue weighted by Gasteiger charge is 2.38. The van der Waals surface area contributed by atoms with Crippen LogP contribution in [0, 0.1) is 10.1 Å². The van der Waals surface area contributed by atoms with Crippen LogP contribution in [0.3, 0.4) is 0 Å². The largest absolute Gasteiger partial charge is 0.313 e. The molecule has 104 valence electrons. The predicted molar refractivity (Wildman–Crippen MR) is 80.8 cm³/mol. The smallest absolute Gasteiger partial charge is 0.266 e. The van der Waals surface area contributed by atoms with Crippen molar-refractivity contribution in [3.05, 3.63) is 74.2 Å². The van der Waals surface area contributed by atoms with Crippen LogP contribution in [0.25, 0.3) is 6.08 Å². The van der Waals surface area contributed by atoms with E-state index in [9.17, 15) is 14.9 Å². The standard InChI is InChI=1S/C14H8BrN3O3/c15-10-7-12(18(20)21)13-16-11(14(19)17(13)8-10)6-9-4-2-1-3-5-9/h1-8H/b11-6-. The van der Waals surface area contributed by atoms with E-state index < -0.39 is 10.8 Å². The summed E-state index contributed by atoms with van der Waals surface area (Å²) in [6, 6.07) is 9.19. The van der Waals surface area contributed by atoms with E-state index in [0.717, 1.165) is 5.56 Å². The van der Waals surface area contributed by atoms with E-state index in [1.54, 1.807) is 6.08 Å². The van der Waals surface area contributed by atoms with E-state index in [4.69, 9.17) is 0 Å². The number of nitro groups is 1. The summed E-state index contributed by atoms with van der Waals surface area (Å²) in [5, 5.41) is 11.1. The van der Waals surface area contributed by atoms with Gasteiger partial charge in [-0.3, -0.25) is 19.8 Å². The van der Waals surface area contributed by atoms with Crippen molar-refractivity contribution in [2.24, 2.45) is 4.99 Å². The van der Waals surface area contributed by atoms with Crippen LogP contribution in [0.5, 0.6) is 0 Å². The van der Waals surface area contributed by atoms with Gasteiger partial charge in [-0.05, 0) is 27.6 Å². The molecule has 0 spiro atoms. The van der Waals surface area contributed by atoms with Gasteiger partial charge >= 0.3 is 5.70 Å². The van der Waals surface area contributed by atoms with Crippen LogP contribution >= 0.6 is 15.9 Å². The molecule has 0 aromatic heterocycles. The van der Waals surface area contributed by atoms with Crippen molar-refractivity contribution in [1.29, 1.82) is 0 Å². The molecular weight excluding hydrogens is 338 g/mol. The molecule has 1 aromatic rings. The third kappa shape index (κ3) is 2.43. The van der Waals surface area contributed by atoms with Gasteiger partial charge in [-0.2, -0.15) is 0 Å². The first-order valence-electron chi connectivity index (χ1n) is 5.99. The number of aliphatic imine (C=N–C) groups is 1. The number of amides is 1. The number of nitrogens with zero attached hydrogens (tertiary/aromatic N) is 3. The molecule has 0 bridgehead atoms. The zero-order valence-electron chi connectivity index (χ0n) is 10.6. The van der Waals surface area contributed by atoms with E-state index in [0.29, 0.717) is 4.48 Å². The summed E-state index contributed by atoms with van der Waals surface area (Å²) in [5.74, 6) is -0.353. The van der Waals surface area contributed by atoms with Crippen molar-refractivity contribution in [2.45, 2.75) is 0 Å². The Bertz CT molecular complexity index is 763. The van der Waals surface area contributed by atoms with E-state index in [2.05, 4.69) is 20.9 Å². The second kappa shape index (κ2) is 5.10. The van der Waals surface area contributed by atoms with Gasteiger partial charge in [-0.1, -0.05) is 30.3 Å². The van der Waals surface area contributed by atoms with Crippen molar-refractivity contribution in [1.82, 2.24) is 4.90 Å². The third-order valence-electron chi connectivity index (χ3n) is 2.95. The highest BCUT2D eigenvalue weighted by molar-refractivity contribution is 9.11. The van der Waals surface area contributed by atoms with Gasteiger partial charge in [-0.15, -0.1) is 0 Å². The first-order chi connectivity index (χ1) is 10.1. The molecule has 0 fully saturated rings. The Hall–Kier alpha value is -2.54. The minimum Gasteiger partial charge on any atom is -0.266 e. The summed E-state index contributed by atoms with van der Waals surface area (Å²) in [4.78, 5) is 28.1. The van der Waals surface area contributed by atoms with E-state index in [1.165, 1.54) is 17.2 Å². The maximum absolute atomic E-state index is 12.3. The molecule has 0 N–H and O–H groups in total. The number of allylic oxidation sites excluding steroid dienone is 2. The fourth-order valence-corrected chi connectivity index (χ4v) is 2.45. The number of rotatable bonds is 2. The second-order valence-corrected chi connectivity index (χ2v) is 5.27. The zero-order chi connectivity index (χ0) is 15.0. The first kappa shape index (κ1) is 13.4. The zero-order valence-corrected chi connectivity index (χ0v) is 12.1. The third-order valence-corrected chi connectivity index (χ3v) is 3.38. The maximum Gasteiger partial charge on any atom is 0.313 e. The highest BCUT2D eigenvalue weighted by Crippen LogP contribution is 2.28. The van der Waals surface area contributed by atoms with Gasteiger partial charge in [-0.25, -0.2) is 4.99 Å². The normalized spacial score (nSPS) is 19.1. The molecule has 2 aliphatic rings. The van der Waals surface area contributed by atoms with Gasteiger partial charge in [0.25, 0.3) is 5.91 Å². The molecule has 0 unspecified atom stereocenters. The van der Waals surface area contributed by atoms with Crippen LogP contribution in [-0.4, -0.2) is 21.6 Å². The molecule has 6 nitrogen and oxygen atoms in total. The Balaban J connectivity index is 2.06. The summed E-state index contributed by atoms with van der Waals surface area (Å²) in [7, 11) is 0. The number of carbonyl (C=O) groups is 1. The molecule has 3 rings (SSSR count). The number of halogens is 1. The number of amidine groups is 1. The second-order valence-electron chi connectivity index (χ2n) is 4.35. The van der Waals surface area contributed by atoms with Gasteiger partial charge in [0.1, 0.15) is 5.70 Å². The van der Waals surface area contributed by atoms with Gasteiger partial charge in [0.15, 0.2) is 0 Å². The molecule has 7 heteroatoms. The Kier molecular flexibility index (Phi) is 3.26. The molecule has 21 heavy (non-hydrogen) atoms. The van der Waals surface area contributed by atoms with E-state index in [1.807, 2.05) is 30.3 Å². The molecule has 2 heterocycles. The minimum atomic E-state index is -0.557. The van der Waals surface area contributed by atoms with Gasteiger partial charge in [0.2, 0.25) is 5.84 Å². The quantitative estimate of drug-likeness (QED) is 0.469. The van der Waals surface area contributed by atoms with Crippen molar-refractivity contribution in [3.8, 4) is 0 Å². The average molecular weight is 346 g/mol. The summed E-state index contributed by atoms with van der Waals surface area (Å²) < 4.78 is 0.447.